The molecule has 11 heteroatoms. The van der Waals surface area contributed by atoms with E-state index in [1.54, 1.807) is 24.3 Å². The van der Waals surface area contributed by atoms with Gasteiger partial charge >= 0.3 is 6.18 Å². The number of hydrogen-bond donors (Lipinski definition) is 0. The van der Waals surface area contributed by atoms with Gasteiger partial charge in [0.25, 0.3) is 5.56 Å². The van der Waals surface area contributed by atoms with Gasteiger partial charge in [0.1, 0.15) is 0 Å². The molecule has 0 saturated carbocycles. The van der Waals surface area contributed by atoms with Crippen molar-refractivity contribution in [2.75, 3.05) is 0 Å². The number of para-hydroxylation sites is 1. The summed E-state index contributed by atoms with van der Waals surface area (Å²) in [7, 11) is 0. The van der Waals surface area contributed by atoms with Crippen molar-refractivity contribution in [2.24, 2.45) is 0 Å². The third-order valence-electron chi connectivity index (χ3n) is 4.07. The smallest absolute Gasteiger partial charge is 0.291 e. The quantitative estimate of drug-likeness (QED) is 0.522. The lowest BCUT2D eigenvalue weighted by Crippen LogP contribution is -2.23. The molecule has 2 aromatic heterocycles. The first-order chi connectivity index (χ1) is 13.3. The number of hydrogen-bond acceptors (Lipinski definition) is 5. The second-order valence-corrected chi connectivity index (χ2v) is 6.30. The maximum absolute atomic E-state index is 13.4. The van der Waals surface area contributed by atoms with Crippen molar-refractivity contribution in [1.29, 1.82) is 0 Å². The first-order valence-corrected chi connectivity index (χ1v) is 8.31. The molecular weight excluding hydrogens is 397 g/mol. The third kappa shape index (κ3) is 3.22. The molecule has 0 aliphatic rings. The van der Waals surface area contributed by atoms with E-state index in [0.29, 0.717) is 10.9 Å². The lowest BCUT2D eigenvalue weighted by atomic mass is 10.1. The normalized spacial score (nSPS) is 11.9. The SMILES string of the molecule is O=c1c2ccccc2ncn1Cc1nnnn1-c1ccc(Cl)cc1C(F)(F)F. The van der Waals surface area contributed by atoms with Crippen LogP contribution in [0.4, 0.5) is 13.2 Å². The van der Waals surface area contributed by atoms with Gasteiger partial charge in [0.05, 0.1) is 35.0 Å². The van der Waals surface area contributed by atoms with E-state index in [9.17, 15) is 18.0 Å². The molecule has 0 aliphatic carbocycles. The van der Waals surface area contributed by atoms with Crippen LogP contribution in [-0.2, 0) is 12.7 Å². The Bertz CT molecular complexity index is 1230. The Morgan fingerprint density at radius 3 is 2.68 bits per heavy atom. The molecule has 4 aromatic rings. The number of aromatic nitrogens is 6. The summed E-state index contributed by atoms with van der Waals surface area (Å²) < 4.78 is 42.4. The minimum Gasteiger partial charge on any atom is -0.291 e. The Morgan fingerprint density at radius 1 is 1.11 bits per heavy atom. The molecule has 0 saturated heterocycles. The van der Waals surface area contributed by atoms with E-state index in [2.05, 4.69) is 20.5 Å². The maximum atomic E-state index is 13.4. The molecule has 0 aliphatic heterocycles. The van der Waals surface area contributed by atoms with Crippen molar-refractivity contribution < 1.29 is 13.2 Å². The summed E-state index contributed by atoms with van der Waals surface area (Å²) in [4.78, 5) is 16.8. The summed E-state index contributed by atoms with van der Waals surface area (Å²) in [6.07, 6.45) is -3.36. The number of halogens is 4. The van der Waals surface area contributed by atoms with E-state index in [1.807, 2.05) is 0 Å². The largest absolute Gasteiger partial charge is 0.418 e. The van der Waals surface area contributed by atoms with Crippen LogP contribution in [0.25, 0.3) is 16.6 Å². The number of benzene rings is 2. The summed E-state index contributed by atoms with van der Waals surface area (Å²) in [5, 5.41) is 11.2. The topological polar surface area (TPSA) is 78.5 Å². The monoisotopic (exact) mass is 406 g/mol. The number of alkyl halides is 3. The van der Waals surface area contributed by atoms with Crippen molar-refractivity contribution in [2.45, 2.75) is 12.7 Å². The average Bonchev–Trinajstić information content (AvgIpc) is 3.11. The van der Waals surface area contributed by atoms with Crippen molar-refractivity contribution in [1.82, 2.24) is 29.8 Å². The molecule has 0 radical (unpaired) electrons. The lowest BCUT2D eigenvalue weighted by Gasteiger charge is -2.14. The van der Waals surface area contributed by atoms with Crippen LogP contribution >= 0.6 is 11.6 Å². The van der Waals surface area contributed by atoms with Crippen LogP contribution in [0.15, 0.2) is 53.6 Å². The minimum atomic E-state index is -4.66. The van der Waals surface area contributed by atoms with E-state index < -0.39 is 11.7 Å². The number of tetrazole rings is 1. The van der Waals surface area contributed by atoms with E-state index in [-0.39, 0.29) is 28.6 Å². The van der Waals surface area contributed by atoms with Gasteiger partial charge in [0.15, 0.2) is 5.82 Å². The van der Waals surface area contributed by atoms with Gasteiger partial charge in [-0.25, -0.2) is 4.98 Å². The zero-order chi connectivity index (χ0) is 19.9. The van der Waals surface area contributed by atoms with Crippen molar-refractivity contribution in [3.05, 3.63) is 75.6 Å². The van der Waals surface area contributed by atoms with E-state index >= 15 is 0 Å². The highest BCUT2D eigenvalue weighted by Gasteiger charge is 2.35. The molecule has 0 fully saturated rings. The Morgan fingerprint density at radius 2 is 1.89 bits per heavy atom. The number of fused-ring (bicyclic) bond motifs is 1. The number of nitrogens with zero attached hydrogens (tertiary/aromatic N) is 6. The highest BCUT2D eigenvalue weighted by atomic mass is 35.5. The fourth-order valence-corrected chi connectivity index (χ4v) is 2.95. The summed E-state index contributed by atoms with van der Waals surface area (Å²) in [6, 6.07) is 10.0. The van der Waals surface area contributed by atoms with Crippen LogP contribution < -0.4 is 5.56 Å². The highest BCUT2D eigenvalue weighted by molar-refractivity contribution is 6.30. The van der Waals surface area contributed by atoms with Gasteiger partial charge < -0.3 is 0 Å². The molecule has 142 valence electrons. The average molecular weight is 407 g/mol. The second kappa shape index (κ2) is 6.71. The molecule has 2 heterocycles. The molecule has 7 nitrogen and oxygen atoms in total. The standard InChI is InChI=1S/C17H10ClF3N6O/c18-10-5-6-14(12(7-10)17(19,20)21)27-15(23-24-25-27)8-26-9-22-13-4-2-1-3-11(13)16(26)28/h1-7,9H,8H2. The van der Waals surface area contributed by atoms with Gasteiger partial charge in [0, 0.05) is 5.02 Å². The molecular formula is C17H10ClF3N6O. The molecule has 0 N–H and O–H groups in total. The van der Waals surface area contributed by atoms with E-state index in [1.165, 1.54) is 23.0 Å². The van der Waals surface area contributed by atoms with E-state index in [4.69, 9.17) is 11.6 Å². The first-order valence-electron chi connectivity index (χ1n) is 7.93. The molecule has 0 amide bonds. The number of rotatable bonds is 3. The van der Waals surface area contributed by atoms with Crippen molar-refractivity contribution in [3.8, 4) is 5.69 Å². The summed E-state index contributed by atoms with van der Waals surface area (Å²) in [5.74, 6) is 0.0343. The Labute approximate surface area is 160 Å². The highest BCUT2D eigenvalue weighted by Crippen LogP contribution is 2.35. The molecule has 28 heavy (non-hydrogen) atoms. The minimum absolute atomic E-state index is 0.0343. The van der Waals surface area contributed by atoms with Gasteiger partial charge in [-0.3, -0.25) is 9.36 Å². The Hall–Kier alpha value is -3.27. The summed E-state index contributed by atoms with van der Waals surface area (Å²) in [5.41, 5.74) is -1.12. The van der Waals surface area contributed by atoms with E-state index in [0.717, 1.165) is 10.7 Å². The Balaban J connectivity index is 1.80. The predicted octanol–water partition coefficient (Wildman–Crippen LogP) is 3.09. The Kier molecular flexibility index (Phi) is 4.34. The van der Waals surface area contributed by atoms with Gasteiger partial charge in [0.2, 0.25) is 0 Å². The van der Waals surface area contributed by atoms with Crippen molar-refractivity contribution >= 4 is 22.5 Å². The molecule has 0 spiro atoms. The van der Waals surface area contributed by atoms with Crippen LogP contribution in [0.5, 0.6) is 0 Å². The predicted molar refractivity (Wildman–Crippen MR) is 94.3 cm³/mol. The van der Waals surface area contributed by atoms with Crippen molar-refractivity contribution in [3.63, 3.8) is 0 Å². The third-order valence-corrected chi connectivity index (χ3v) is 4.30. The van der Waals surface area contributed by atoms with Gasteiger partial charge in [-0.1, -0.05) is 23.7 Å². The zero-order valence-electron chi connectivity index (χ0n) is 13.9. The van der Waals surface area contributed by atoms with Crippen LogP contribution in [0.1, 0.15) is 11.4 Å². The lowest BCUT2D eigenvalue weighted by molar-refractivity contribution is -0.137. The zero-order valence-corrected chi connectivity index (χ0v) is 14.7. The van der Waals surface area contributed by atoms with Gasteiger partial charge in [-0.05, 0) is 40.8 Å². The molecule has 0 bridgehead atoms. The van der Waals surface area contributed by atoms with Crippen LogP contribution in [0.3, 0.4) is 0 Å². The molecule has 0 unspecified atom stereocenters. The van der Waals surface area contributed by atoms with Crippen LogP contribution in [0, 0.1) is 0 Å². The molecule has 0 atom stereocenters. The fourth-order valence-electron chi connectivity index (χ4n) is 2.78. The van der Waals surface area contributed by atoms with Crippen LogP contribution in [-0.4, -0.2) is 29.8 Å². The summed E-state index contributed by atoms with van der Waals surface area (Å²) >= 11 is 5.72. The van der Waals surface area contributed by atoms with Gasteiger partial charge in [-0.2, -0.15) is 17.9 Å². The molecule has 4 rings (SSSR count). The van der Waals surface area contributed by atoms with Crippen LogP contribution in [0.2, 0.25) is 5.02 Å². The maximum Gasteiger partial charge on any atom is 0.418 e. The second-order valence-electron chi connectivity index (χ2n) is 5.86. The fraction of sp³-hybridized carbons (Fsp3) is 0.118. The van der Waals surface area contributed by atoms with Gasteiger partial charge in [-0.15, -0.1) is 5.10 Å². The summed E-state index contributed by atoms with van der Waals surface area (Å²) in [6.45, 7) is -0.163. The molecule has 2 aromatic carbocycles. The first kappa shape index (κ1) is 18.1.